The summed E-state index contributed by atoms with van der Waals surface area (Å²) in [6.45, 7) is 0. The second-order valence-corrected chi connectivity index (χ2v) is 8.35. The minimum absolute atomic E-state index is 0.0304. The summed E-state index contributed by atoms with van der Waals surface area (Å²) in [7, 11) is 0. The molecule has 3 aromatic rings. The SMILES string of the molecule is N#Cc1cccc(NC(=O)CSc2nc3ccccc3c(=O)n2C2CCCCC2)c1. The summed E-state index contributed by atoms with van der Waals surface area (Å²) in [6, 6.07) is 16.3. The summed E-state index contributed by atoms with van der Waals surface area (Å²) in [4.78, 5) is 30.4. The second kappa shape index (κ2) is 9.14. The van der Waals surface area contributed by atoms with Crippen LogP contribution in [0.15, 0.2) is 58.5 Å². The molecule has 1 amide bonds. The van der Waals surface area contributed by atoms with Crippen LogP contribution in [0.25, 0.3) is 10.9 Å². The number of nitriles is 1. The van der Waals surface area contributed by atoms with Crippen molar-refractivity contribution in [2.24, 2.45) is 0 Å². The van der Waals surface area contributed by atoms with Gasteiger partial charge in [-0.15, -0.1) is 0 Å². The Balaban J connectivity index is 1.58. The third-order valence-electron chi connectivity index (χ3n) is 5.32. The van der Waals surface area contributed by atoms with E-state index in [1.165, 1.54) is 18.2 Å². The van der Waals surface area contributed by atoms with Crippen LogP contribution < -0.4 is 10.9 Å². The molecule has 0 radical (unpaired) electrons. The van der Waals surface area contributed by atoms with Gasteiger partial charge < -0.3 is 5.32 Å². The lowest BCUT2D eigenvalue weighted by atomic mass is 9.95. The minimum atomic E-state index is -0.201. The third kappa shape index (κ3) is 4.39. The first-order chi connectivity index (χ1) is 14.7. The molecule has 1 saturated carbocycles. The van der Waals surface area contributed by atoms with Crippen molar-refractivity contribution >= 4 is 34.3 Å². The molecule has 6 nitrogen and oxygen atoms in total. The molecule has 1 fully saturated rings. The van der Waals surface area contributed by atoms with Gasteiger partial charge in [-0.25, -0.2) is 4.98 Å². The molecule has 0 aliphatic heterocycles. The van der Waals surface area contributed by atoms with E-state index in [1.807, 2.05) is 24.3 Å². The molecular weight excluding hydrogens is 396 g/mol. The zero-order chi connectivity index (χ0) is 20.9. The summed E-state index contributed by atoms with van der Waals surface area (Å²) >= 11 is 1.28. The van der Waals surface area contributed by atoms with E-state index in [0.717, 1.165) is 25.7 Å². The van der Waals surface area contributed by atoms with Crippen LogP contribution in [0.2, 0.25) is 0 Å². The predicted octanol–water partition coefficient (Wildman–Crippen LogP) is 4.50. The van der Waals surface area contributed by atoms with E-state index in [9.17, 15) is 9.59 Å². The van der Waals surface area contributed by atoms with Crippen LogP contribution in [0.1, 0.15) is 43.7 Å². The van der Waals surface area contributed by atoms with Gasteiger partial charge in [0.2, 0.25) is 5.91 Å². The number of hydrogen-bond donors (Lipinski definition) is 1. The lowest BCUT2D eigenvalue weighted by Gasteiger charge is -2.26. The Hall–Kier alpha value is -3.11. The number of carbonyl (C=O) groups excluding carboxylic acids is 1. The summed E-state index contributed by atoms with van der Waals surface area (Å²) in [6.07, 6.45) is 5.31. The first-order valence-electron chi connectivity index (χ1n) is 10.1. The van der Waals surface area contributed by atoms with E-state index in [4.69, 9.17) is 10.2 Å². The number of fused-ring (bicyclic) bond motifs is 1. The number of aromatic nitrogens is 2. The standard InChI is InChI=1S/C23H22N4O2S/c24-14-16-7-6-8-17(13-16)25-21(28)15-30-23-26-20-12-5-4-11-19(20)22(29)27(23)18-9-2-1-3-10-18/h4-8,11-13,18H,1-3,9-10,15H2,(H,25,28). The summed E-state index contributed by atoms with van der Waals surface area (Å²) < 4.78 is 1.80. The maximum Gasteiger partial charge on any atom is 0.262 e. The molecule has 4 rings (SSSR count). The maximum atomic E-state index is 13.2. The molecule has 0 bridgehead atoms. The number of amides is 1. The average molecular weight is 419 g/mol. The van der Waals surface area contributed by atoms with Crippen molar-refractivity contribution in [2.45, 2.75) is 43.3 Å². The fraction of sp³-hybridized carbons (Fsp3) is 0.304. The Kier molecular flexibility index (Phi) is 6.15. The van der Waals surface area contributed by atoms with Gasteiger partial charge >= 0.3 is 0 Å². The topological polar surface area (TPSA) is 87.8 Å². The third-order valence-corrected chi connectivity index (χ3v) is 6.28. The first-order valence-corrected chi connectivity index (χ1v) is 11.1. The molecule has 1 aliphatic carbocycles. The summed E-state index contributed by atoms with van der Waals surface area (Å²) in [5.41, 5.74) is 1.69. The van der Waals surface area contributed by atoms with Gasteiger partial charge in [0.15, 0.2) is 5.16 Å². The molecule has 2 aromatic carbocycles. The Morgan fingerprint density at radius 2 is 1.97 bits per heavy atom. The highest BCUT2D eigenvalue weighted by atomic mass is 32.2. The molecule has 30 heavy (non-hydrogen) atoms. The molecule has 0 atom stereocenters. The van der Waals surface area contributed by atoms with Crippen molar-refractivity contribution in [3.63, 3.8) is 0 Å². The van der Waals surface area contributed by atoms with Crippen LogP contribution in [0.5, 0.6) is 0 Å². The molecule has 1 heterocycles. The van der Waals surface area contributed by atoms with E-state index in [2.05, 4.69) is 11.4 Å². The van der Waals surface area contributed by atoms with Gasteiger partial charge in [-0.2, -0.15) is 5.26 Å². The monoisotopic (exact) mass is 418 g/mol. The second-order valence-electron chi connectivity index (χ2n) is 7.41. The molecule has 152 valence electrons. The molecule has 1 aliphatic rings. The van der Waals surface area contributed by atoms with Gasteiger partial charge in [0, 0.05) is 11.7 Å². The molecule has 7 heteroatoms. The van der Waals surface area contributed by atoms with E-state index in [-0.39, 0.29) is 23.3 Å². The lowest BCUT2D eigenvalue weighted by Crippen LogP contribution is -2.29. The zero-order valence-electron chi connectivity index (χ0n) is 16.5. The fourth-order valence-electron chi connectivity index (χ4n) is 3.88. The van der Waals surface area contributed by atoms with Crippen molar-refractivity contribution in [3.05, 3.63) is 64.4 Å². The number of thioether (sulfide) groups is 1. The number of nitrogens with one attached hydrogen (secondary N) is 1. The Morgan fingerprint density at radius 1 is 1.17 bits per heavy atom. The normalized spacial score (nSPS) is 14.4. The van der Waals surface area contributed by atoms with Gasteiger partial charge in [0.1, 0.15) is 0 Å². The highest BCUT2D eigenvalue weighted by Gasteiger charge is 2.22. The van der Waals surface area contributed by atoms with Crippen molar-refractivity contribution < 1.29 is 4.79 Å². The Morgan fingerprint density at radius 3 is 2.77 bits per heavy atom. The number of nitrogens with zero attached hydrogens (tertiary/aromatic N) is 3. The van der Waals surface area contributed by atoms with Gasteiger partial charge in [-0.3, -0.25) is 14.2 Å². The van der Waals surface area contributed by atoms with Gasteiger partial charge in [-0.05, 0) is 43.2 Å². The van der Waals surface area contributed by atoms with E-state index in [0.29, 0.717) is 27.3 Å². The van der Waals surface area contributed by atoms with Crippen molar-refractivity contribution in [3.8, 4) is 6.07 Å². The van der Waals surface area contributed by atoms with Crippen molar-refractivity contribution in [2.75, 3.05) is 11.1 Å². The minimum Gasteiger partial charge on any atom is -0.325 e. The Labute approximate surface area is 178 Å². The van der Waals surface area contributed by atoms with Crippen LogP contribution in [-0.2, 0) is 4.79 Å². The van der Waals surface area contributed by atoms with Crippen LogP contribution in [0.3, 0.4) is 0 Å². The van der Waals surface area contributed by atoms with Crippen LogP contribution in [0.4, 0.5) is 5.69 Å². The molecule has 0 unspecified atom stereocenters. The number of rotatable bonds is 5. The average Bonchev–Trinajstić information content (AvgIpc) is 2.78. The first kappa shape index (κ1) is 20.2. The number of anilines is 1. The predicted molar refractivity (Wildman–Crippen MR) is 119 cm³/mol. The lowest BCUT2D eigenvalue weighted by molar-refractivity contribution is -0.113. The highest BCUT2D eigenvalue weighted by Crippen LogP contribution is 2.31. The van der Waals surface area contributed by atoms with Gasteiger partial charge in [-0.1, -0.05) is 49.2 Å². The molecule has 1 aromatic heterocycles. The van der Waals surface area contributed by atoms with Gasteiger partial charge in [0.25, 0.3) is 5.56 Å². The number of hydrogen-bond acceptors (Lipinski definition) is 5. The highest BCUT2D eigenvalue weighted by molar-refractivity contribution is 7.99. The number of benzene rings is 2. The van der Waals surface area contributed by atoms with Crippen molar-refractivity contribution in [1.29, 1.82) is 5.26 Å². The smallest absolute Gasteiger partial charge is 0.262 e. The van der Waals surface area contributed by atoms with Crippen molar-refractivity contribution in [1.82, 2.24) is 9.55 Å². The van der Waals surface area contributed by atoms with Gasteiger partial charge in [0.05, 0.1) is 28.3 Å². The fourth-order valence-corrected chi connectivity index (χ4v) is 4.75. The van der Waals surface area contributed by atoms with E-state index in [1.54, 1.807) is 28.8 Å². The number of carbonyl (C=O) groups is 1. The van der Waals surface area contributed by atoms with Crippen LogP contribution in [0, 0.1) is 11.3 Å². The zero-order valence-corrected chi connectivity index (χ0v) is 17.3. The van der Waals surface area contributed by atoms with E-state index >= 15 is 0 Å². The largest absolute Gasteiger partial charge is 0.325 e. The maximum absolute atomic E-state index is 13.2. The Bertz CT molecular complexity index is 1180. The molecular formula is C23H22N4O2S. The van der Waals surface area contributed by atoms with E-state index < -0.39 is 0 Å². The summed E-state index contributed by atoms with van der Waals surface area (Å²) in [5, 5.41) is 13.0. The molecule has 0 spiro atoms. The number of para-hydroxylation sites is 1. The quantitative estimate of drug-likeness (QED) is 0.487. The van der Waals surface area contributed by atoms with Crippen LogP contribution in [-0.4, -0.2) is 21.2 Å². The summed E-state index contributed by atoms with van der Waals surface area (Å²) in [5.74, 6) is -0.0680. The molecule has 1 N–H and O–H groups in total. The van der Waals surface area contributed by atoms with Crippen LogP contribution >= 0.6 is 11.8 Å². The molecule has 0 saturated heterocycles.